The number of rotatable bonds is 22. The molecule has 1 aromatic rings. The molecule has 0 aliphatic carbocycles. The number of carbonyl (C=O) groups excluding carboxylic acids is 5. The van der Waals surface area contributed by atoms with Crippen LogP contribution in [0.4, 0.5) is 0 Å². The molecule has 1 fully saturated rings. The molecule has 0 radical (unpaired) electrons. The lowest BCUT2D eigenvalue weighted by atomic mass is 9.87. The molecule has 9 atom stereocenters. The standard InChI is InChI=1S/C41H69N5O8/c1-13-27(6)36(45(9)40(50)30(25(2)3)24-43-39(49)35(42-8)26(4)5)33(52-10)23-34(47)46-21-17-20-32(46)37(53-11)28(7)38(48)44-31(41(51)54-12)22-29-18-15-14-16-19-29/h14-16,18-19,25-28,30-33,35-37,42H,13,17,20-24H2,1-12H3,(H,43,49)(H,44,48)/t27-,28+,30?,31-,32-,33+,35-,36-,37+/m0/s1. The van der Waals surface area contributed by atoms with Gasteiger partial charge in [-0.3, -0.25) is 19.2 Å². The Morgan fingerprint density at radius 3 is 2.09 bits per heavy atom. The lowest BCUT2D eigenvalue weighted by Gasteiger charge is -2.41. The third kappa shape index (κ3) is 12.5. The van der Waals surface area contributed by atoms with E-state index in [2.05, 4.69) is 22.9 Å². The summed E-state index contributed by atoms with van der Waals surface area (Å²) in [7, 11) is 7.90. The number of methoxy groups -OCH3 is 3. The van der Waals surface area contributed by atoms with Crippen LogP contribution in [0.15, 0.2) is 30.3 Å². The van der Waals surface area contributed by atoms with Gasteiger partial charge in [-0.25, -0.2) is 4.79 Å². The monoisotopic (exact) mass is 760 g/mol. The second-order valence-corrected chi connectivity index (χ2v) is 15.5. The van der Waals surface area contributed by atoms with Gasteiger partial charge in [0.1, 0.15) is 6.04 Å². The Bertz CT molecular complexity index is 1340. The molecule has 13 heteroatoms. The average Bonchev–Trinajstić information content (AvgIpc) is 3.64. The highest BCUT2D eigenvalue weighted by Gasteiger charge is 2.43. The van der Waals surface area contributed by atoms with Gasteiger partial charge in [0.05, 0.1) is 55.7 Å². The Labute approximate surface area is 324 Å². The van der Waals surface area contributed by atoms with Crippen LogP contribution < -0.4 is 16.0 Å². The van der Waals surface area contributed by atoms with Gasteiger partial charge in [-0.2, -0.15) is 0 Å². The minimum absolute atomic E-state index is 0.00262. The first-order valence-corrected chi connectivity index (χ1v) is 19.6. The SMILES string of the molecule is CC[C@H](C)[C@@H]([C@@H](CC(=O)N1CCC[C@H]1[C@H](OC)[C@@H](C)C(=O)N[C@@H](Cc1ccccc1)C(=O)OC)OC)N(C)C(=O)C(CNC(=O)[C@@H](NC)C(C)C)C(C)C. The molecule has 3 N–H and O–H groups in total. The predicted molar refractivity (Wildman–Crippen MR) is 209 cm³/mol. The number of hydrogen-bond acceptors (Lipinski definition) is 9. The van der Waals surface area contributed by atoms with Crippen molar-refractivity contribution in [3.63, 3.8) is 0 Å². The number of ether oxygens (including phenoxy) is 3. The molecule has 0 saturated carbocycles. The van der Waals surface area contributed by atoms with Gasteiger partial charge in [-0.05, 0) is 43.2 Å². The molecule has 1 saturated heterocycles. The van der Waals surface area contributed by atoms with Crippen molar-refractivity contribution in [1.29, 1.82) is 0 Å². The summed E-state index contributed by atoms with van der Waals surface area (Å²) in [4.78, 5) is 71.1. The largest absolute Gasteiger partial charge is 0.467 e. The summed E-state index contributed by atoms with van der Waals surface area (Å²) in [6.45, 7) is 14.4. The molecule has 2 rings (SSSR count). The molecule has 1 aliphatic rings. The molecule has 1 heterocycles. The molecule has 1 aliphatic heterocycles. The maximum Gasteiger partial charge on any atom is 0.328 e. The van der Waals surface area contributed by atoms with E-state index in [0.29, 0.717) is 13.0 Å². The number of likely N-dealkylation sites (tertiary alicyclic amines) is 1. The van der Waals surface area contributed by atoms with Gasteiger partial charge in [0.2, 0.25) is 23.6 Å². The second-order valence-electron chi connectivity index (χ2n) is 15.5. The van der Waals surface area contributed by atoms with Crippen molar-refractivity contribution < 1.29 is 38.2 Å². The summed E-state index contributed by atoms with van der Waals surface area (Å²) in [5.74, 6) is -2.48. The van der Waals surface area contributed by atoms with E-state index in [-0.39, 0.29) is 72.9 Å². The number of nitrogens with zero attached hydrogens (tertiary/aromatic N) is 2. The molecule has 13 nitrogen and oxygen atoms in total. The number of benzene rings is 1. The normalized spacial score (nSPS) is 18.9. The highest BCUT2D eigenvalue weighted by molar-refractivity contribution is 5.86. The fraction of sp³-hybridized carbons (Fsp3) is 0.732. The molecule has 0 spiro atoms. The minimum atomic E-state index is -0.886. The molecule has 0 aromatic heterocycles. The van der Waals surface area contributed by atoms with Crippen molar-refractivity contribution in [2.24, 2.45) is 29.6 Å². The Kier molecular flexibility index (Phi) is 19.6. The molecule has 1 aromatic carbocycles. The van der Waals surface area contributed by atoms with E-state index in [1.165, 1.54) is 14.2 Å². The van der Waals surface area contributed by atoms with E-state index >= 15 is 0 Å². The highest BCUT2D eigenvalue weighted by atomic mass is 16.5. The van der Waals surface area contributed by atoms with E-state index < -0.39 is 42.1 Å². The number of nitrogens with one attached hydrogen (secondary N) is 3. The van der Waals surface area contributed by atoms with E-state index in [0.717, 1.165) is 18.4 Å². The zero-order chi connectivity index (χ0) is 40.7. The van der Waals surface area contributed by atoms with Gasteiger partial charge in [0, 0.05) is 40.8 Å². The number of amides is 4. The van der Waals surface area contributed by atoms with Gasteiger partial charge in [-0.1, -0.05) is 85.2 Å². The third-order valence-electron chi connectivity index (χ3n) is 11.2. The van der Waals surface area contributed by atoms with Crippen LogP contribution in [0.5, 0.6) is 0 Å². The molecule has 1 unspecified atom stereocenters. The summed E-state index contributed by atoms with van der Waals surface area (Å²) >= 11 is 0. The summed E-state index contributed by atoms with van der Waals surface area (Å²) < 4.78 is 16.9. The van der Waals surface area contributed by atoms with Crippen molar-refractivity contribution in [2.75, 3.05) is 48.5 Å². The lowest BCUT2D eigenvalue weighted by Crippen LogP contribution is -2.55. The van der Waals surface area contributed by atoms with E-state index in [9.17, 15) is 24.0 Å². The summed E-state index contributed by atoms with van der Waals surface area (Å²) in [6.07, 6.45) is 1.18. The molecule has 306 valence electrons. The summed E-state index contributed by atoms with van der Waals surface area (Å²) in [5, 5.41) is 8.90. The van der Waals surface area contributed by atoms with Crippen molar-refractivity contribution in [1.82, 2.24) is 25.8 Å². The van der Waals surface area contributed by atoms with Crippen LogP contribution in [0.2, 0.25) is 0 Å². The smallest absolute Gasteiger partial charge is 0.328 e. The first-order valence-electron chi connectivity index (χ1n) is 19.6. The van der Waals surface area contributed by atoms with Crippen LogP contribution in [0.1, 0.15) is 79.7 Å². The Morgan fingerprint density at radius 1 is 0.926 bits per heavy atom. The molecular weight excluding hydrogens is 690 g/mol. The van der Waals surface area contributed by atoms with Crippen LogP contribution in [0.3, 0.4) is 0 Å². The minimum Gasteiger partial charge on any atom is -0.467 e. The lowest BCUT2D eigenvalue weighted by molar-refractivity contribution is -0.149. The Balaban J connectivity index is 2.25. The Hall–Kier alpha value is -3.55. The quantitative estimate of drug-likeness (QED) is 0.151. The molecule has 4 amide bonds. The summed E-state index contributed by atoms with van der Waals surface area (Å²) in [6, 6.07) is 7.33. The van der Waals surface area contributed by atoms with E-state index in [1.54, 1.807) is 37.9 Å². The Morgan fingerprint density at radius 2 is 1.57 bits per heavy atom. The first kappa shape index (κ1) is 46.6. The second kappa shape index (κ2) is 22.7. The van der Waals surface area contributed by atoms with Crippen LogP contribution >= 0.6 is 0 Å². The maximum absolute atomic E-state index is 14.2. The van der Waals surface area contributed by atoms with Gasteiger partial charge in [0.25, 0.3) is 0 Å². The molecular formula is C41H69N5O8. The van der Waals surface area contributed by atoms with Crippen LogP contribution in [-0.2, 0) is 44.6 Å². The number of carbonyl (C=O) groups is 5. The fourth-order valence-corrected chi connectivity index (χ4v) is 7.75. The van der Waals surface area contributed by atoms with Gasteiger partial charge in [-0.15, -0.1) is 0 Å². The van der Waals surface area contributed by atoms with E-state index in [4.69, 9.17) is 14.2 Å². The van der Waals surface area contributed by atoms with Crippen molar-refractivity contribution in [2.45, 2.75) is 117 Å². The zero-order valence-electron chi connectivity index (χ0n) is 34.8. The maximum atomic E-state index is 14.2. The van der Waals surface area contributed by atoms with Gasteiger partial charge < -0.3 is 40.0 Å². The summed E-state index contributed by atoms with van der Waals surface area (Å²) in [5.41, 5.74) is 0.878. The molecule has 54 heavy (non-hydrogen) atoms. The van der Waals surface area contributed by atoms with Gasteiger partial charge in [0.15, 0.2) is 0 Å². The predicted octanol–water partition coefficient (Wildman–Crippen LogP) is 3.44. The van der Waals surface area contributed by atoms with Crippen molar-refractivity contribution in [3.05, 3.63) is 35.9 Å². The first-order chi connectivity index (χ1) is 25.6. The van der Waals surface area contributed by atoms with E-state index in [1.807, 2.05) is 65.0 Å². The van der Waals surface area contributed by atoms with Crippen molar-refractivity contribution >= 4 is 29.6 Å². The highest BCUT2D eigenvalue weighted by Crippen LogP contribution is 2.30. The van der Waals surface area contributed by atoms with Crippen molar-refractivity contribution in [3.8, 4) is 0 Å². The van der Waals surface area contributed by atoms with Gasteiger partial charge >= 0.3 is 5.97 Å². The number of esters is 1. The van der Waals surface area contributed by atoms with Crippen LogP contribution in [0.25, 0.3) is 0 Å². The number of likely N-dealkylation sites (N-methyl/N-ethyl adjacent to an activating group) is 2. The fourth-order valence-electron chi connectivity index (χ4n) is 7.75. The number of hydrogen-bond donors (Lipinski definition) is 3. The van der Waals surface area contributed by atoms with Crippen LogP contribution in [0, 0.1) is 29.6 Å². The third-order valence-corrected chi connectivity index (χ3v) is 11.2. The molecule has 0 bridgehead atoms. The van der Waals surface area contributed by atoms with Crippen LogP contribution in [-0.4, -0.2) is 124 Å². The average molecular weight is 760 g/mol. The topological polar surface area (TPSA) is 156 Å². The zero-order valence-corrected chi connectivity index (χ0v) is 34.8.